The van der Waals surface area contributed by atoms with Crippen LogP contribution in [-0.4, -0.2) is 23.3 Å². The van der Waals surface area contributed by atoms with Crippen molar-refractivity contribution in [2.45, 2.75) is 34.0 Å². The highest BCUT2D eigenvalue weighted by atomic mass is 16.5. The van der Waals surface area contributed by atoms with E-state index in [1.54, 1.807) is 12.1 Å². The van der Waals surface area contributed by atoms with Gasteiger partial charge in [-0.05, 0) is 98.6 Å². The molecule has 2 heterocycles. The molecule has 42 heavy (non-hydrogen) atoms. The molecule has 214 valence electrons. The van der Waals surface area contributed by atoms with Gasteiger partial charge in [0.1, 0.15) is 24.7 Å². The molecule has 0 radical (unpaired) electrons. The first-order valence-electron chi connectivity index (χ1n) is 13.7. The van der Waals surface area contributed by atoms with Crippen molar-refractivity contribution < 1.29 is 23.4 Å². The minimum Gasteiger partial charge on any atom is -0.490 e. The van der Waals surface area contributed by atoms with E-state index in [1.165, 1.54) is 17.6 Å². The first kappa shape index (κ1) is 28.3. The molecule has 3 aromatic carbocycles. The van der Waals surface area contributed by atoms with Gasteiger partial charge in [-0.25, -0.2) is 5.43 Å². The van der Waals surface area contributed by atoms with Crippen LogP contribution in [0.5, 0.6) is 17.2 Å². The number of nitrogens with zero attached hydrogens (tertiary/aromatic N) is 2. The molecule has 0 saturated heterocycles. The number of carbonyl (C=O) groups excluding carboxylic acids is 1. The molecule has 8 heteroatoms. The summed E-state index contributed by atoms with van der Waals surface area (Å²) >= 11 is 0. The zero-order valence-electron chi connectivity index (χ0n) is 23.9. The van der Waals surface area contributed by atoms with Crippen molar-refractivity contribution in [1.82, 2.24) is 9.99 Å². The van der Waals surface area contributed by atoms with Crippen LogP contribution < -0.4 is 19.6 Å². The van der Waals surface area contributed by atoms with Gasteiger partial charge in [0.15, 0.2) is 17.3 Å². The molecule has 0 saturated carbocycles. The molecule has 0 unspecified atom stereocenters. The predicted octanol–water partition coefficient (Wildman–Crippen LogP) is 7.01. The maximum atomic E-state index is 12.6. The number of rotatable bonds is 12. The van der Waals surface area contributed by atoms with Crippen LogP contribution in [0.15, 0.2) is 107 Å². The molecule has 2 aromatic heterocycles. The van der Waals surface area contributed by atoms with Crippen LogP contribution in [0.25, 0.3) is 5.69 Å². The molecule has 0 aliphatic heterocycles. The summed E-state index contributed by atoms with van der Waals surface area (Å²) in [5.74, 6) is 2.14. The number of furan rings is 1. The average molecular weight is 564 g/mol. The van der Waals surface area contributed by atoms with Gasteiger partial charge in [0.2, 0.25) is 0 Å². The average Bonchev–Trinajstić information content (AvgIpc) is 3.62. The Bertz CT molecular complexity index is 1630. The van der Waals surface area contributed by atoms with Crippen molar-refractivity contribution >= 4 is 12.1 Å². The van der Waals surface area contributed by atoms with E-state index in [1.807, 2.05) is 79.7 Å². The van der Waals surface area contributed by atoms with Gasteiger partial charge in [0.25, 0.3) is 0 Å². The zero-order valence-corrected chi connectivity index (χ0v) is 23.9. The number of aryl methyl sites for hydroxylation is 2. The number of benzene rings is 3. The van der Waals surface area contributed by atoms with E-state index < -0.39 is 5.91 Å². The van der Waals surface area contributed by atoms with Gasteiger partial charge in [0.05, 0.1) is 12.8 Å². The van der Waals surface area contributed by atoms with Crippen LogP contribution in [0.2, 0.25) is 0 Å². The third-order valence-corrected chi connectivity index (χ3v) is 6.52. The molecule has 0 fully saturated rings. The second-order valence-corrected chi connectivity index (χ2v) is 9.61. The first-order valence-corrected chi connectivity index (χ1v) is 13.7. The van der Waals surface area contributed by atoms with Crippen molar-refractivity contribution in [3.8, 4) is 22.9 Å². The second kappa shape index (κ2) is 13.4. The molecule has 8 nitrogen and oxygen atoms in total. The number of hydrogen-bond acceptors (Lipinski definition) is 6. The summed E-state index contributed by atoms with van der Waals surface area (Å²) in [5.41, 5.74) is 7.72. The van der Waals surface area contributed by atoms with Crippen molar-refractivity contribution in [3.05, 3.63) is 131 Å². The Labute approximate surface area is 245 Å². The lowest BCUT2D eigenvalue weighted by Gasteiger charge is -2.12. The molecule has 0 spiro atoms. The molecule has 0 aliphatic rings. The van der Waals surface area contributed by atoms with Crippen LogP contribution in [-0.2, 0) is 13.2 Å². The Morgan fingerprint density at radius 2 is 1.60 bits per heavy atom. The minimum atomic E-state index is -0.466. The predicted molar refractivity (Wildman–Crippen MR) is 162 cm³/mol. The number of ether oxygens (including phenoxy) is 3. The molecule has 1 N–H and O–H groups in total. The maximum Gasteiger partial charge on any atom is 0.307 e. The Morgan fingerprint density at radius 3 is 2.33 bits per heavy atom. The fourth-order valence-electron chi connectivity index (χ4n) is 4.45. The number of aromatic nitrogens is 1. The van der Waals surface area contributed by atoms with Gasteiger partial charge in [-0.2, -0.15) is 5.10 Å². The highest BCUT2D eigenvalue weighted by Crippen LogP contribution is 2.29. The summed E-state index contributed by atoms with van der Waals surface area (Å²) < 4.78 is 25.4. The first-order chi connectivity index (χ1) is 20.5. The van der Waals surface area contributed by atoms with Crippen LogP contribution in [0.3, 0.4) is 0 Å². The van der Waals surface area contributed by atoms with E-state index in [4.69, 9.17) is 18.6 Å². The lowest BCUT2D eigenvalue weighted by Crippen LogP contribution is -2.16. The van der Waals surface area contributed by atoms with Gasteiger partial charge in [0, 0.05) is 17.1 Å². The highest BCUT2D eigenvalue weighted by molar-refractivity contribution is 5.92. The smallest absolute Gasteiger partial charge is 0.307 e. The number of hydrogen-bond donors (Lipinski definition) is 1. The maximum absolute atomic E-state index is 12.6. The number of amides is 1. The quantitative estimate of drug-likeness (QED) is 0.130. The van der Waals surface area contributed by atoms with Gasteiger partial charge in [-0.3, -0.25) is 4.79 Å². The van der Waals surface area contributed by atoms with E-state index in [0.717, 1.165) is 16.8 Å². The van der Waals surface area contributed by atoms with E-state index in [-0.39, 0.29) is 12.4 Å². The van der Waals surface area contributed by atoms with Crippen molar-refractivity contribution in [3.63, 3.8) is 0 Å². The second-order valence-electron chi connectivity index (χ2n) is 9.61. The molecule has 5 aromatic rings. The molecule has 5 rings (SSSR count). The Balaban J connectivity index is 1.13. The molecule has 0 bridgehead atoms. The summed E-state index contributed by atoms with van der Waals surface area (Å²) in [7, 11) is 0. The van der Waals surface area contributed by atoms with E-state index in [9.17, 15) is 4.79 Å². The topological polar surface area (TPSA) is 87.2 Å². The van der Waals surface area contributed by atoms with Crippen LogP contribution in [0.1, 0.15) is 45.8 Å². The van der Waals surface area contributed by atoms with Gasteiger partial charge < -0.3 is 23.2 Å². The molecule has 0 atom stereocenters. The van der Waals surface area contributed by atoms with E-state index in [0.29, 0.717) is 36.2 Å². The fourth-order valence-corrected chi connectivity index (χ4v) is 4.45. The van der Waals surface area contributed by atoms with Gasteiger partial charge in [-0.1, -0.05) is 30.3 Å². The Morgan fingerprint density at radius 1 is 0.833 bits per heavy atom. The van der Waals surface area contributed by atoms with Crippen molar-refractivity contribution in [2.24, 2.45) is 5.10 Å². The van der Waals surface area contributed by atoms with Gasteiger partial charge >= 0.3 is 5.91 Å². The molecular weight excluding hydrogens is 530 g/mol. The number of nitrogens with one attached hydrogen (secondary N) is 1. The zero-order chi connectivity index (χ0) is 29.3. The van der Waals surface area contributed by atoms with Gasteiger partial charge in [-0.15, -0.1) is 0 Å². The normalized spacial score (nSPS) is 11.0. The third kappa shape index (κ3) is 7.09. The largest absolute Gasteiger partial charge is 0.490 e. The molecule has 0 aliphatic carbocycles. The van der Waals surface area contributed by atoms with Crippen molar-refractivity contribution in [1.29, 1.82) is 0 Å². The lowest BCUT2D eigenvalue weighted by molar-refractivity contribution is 0.0923. The summed E-state index contributed by atoms with van der Waals surface area (Å²) in [5, 5.41) is 4.07. The summed E-state index contributed by atoms with van der Waals surface area (Å²) in [6, 6.07) is 30.7. The summed E-state index contributed by atoms with van der Waals surface area (Å²) in [4.78, 5) is 12.6. The fraction of sp³-hybridized carbons (Fsp3) is 0.176. The SMILES string of the molecule is CCOc1cc(/C=N/NC(=O)c2ccc(COc3ccc(-n4c(C)ccc4C)cc3)o2)ccc1OCc1ccccc1. The lowest BCUT2D eigenvalue weighted by atomic mass is 10.2. The van der Waals surface area contributed by atoms with Crippen LogP contribution in [0.4, 0.5) is 0 Å². The van der Waals surface area contributed by atoms with Crippen LogP contribution in [0, 0.1) is 13.8 Å². The monoisotopic (exact) mass is 563 g/mol. The minimum absolute atomic E-state index is 0.138. The van der Waals surface area contributed by atoms with Crippen molar-refractivity contribution in [2.75, 3.05) is 6.61 Å². The Kier molecular flexibility index (Phi) is 9.03. The molecular formula is C34H33N3O5. The molecule has 1 amide bonds. The number of hydrazone groups is 1. The van der Waals surface area contributed by atoms with E-state index >= 15 is 0 Å². The van der Waals surface area contributed by atoms with E-state index in [2.05, 4.69) is 41.1 Å². The standard InChI is InChI=1S/C34H33N3O5/c1-4-39-33-20-27(12-18-31(33)41-22-26-8-6-5-7-9-26)21-35-36-34(38)32-19-17-30(42-32)23-40-29-15-13-28(14-16-29)37-24(2)10-11-25(37)3/h5-21H,4,22-23H2,1-3H3,(H,36,38)/b35-21+. The third-order valence-electron chi connectivity index (χ3n) is 6.52. The summed E-state index contributed by atoms with van der Waals surface area (Å²) in [6.07, 6.45) is 1.54. The Hall–Kier alpha value is -5.24. The number of carbonyl (C=O) groups is 1. The summed E-state index contributed by atoms with van der Waals surface area (Å²) in [6.45, 7) is 7.17. The van der Waals surface area contributed by atoms with Crippen LogP contribution >= 0.6 is 0 Å². The highest BCUT2D eigenvalue weighted by Gasteiger charge is 2.12.